The molecule has 15 heavy (non-hydrogen) atoms. The molecule has 0 saturated heterocycles. The van der Waals surface area contributed by atoms with Gasteiger partial charge in [0.1, 0.15) is 5.82 Å². The van der Waals surface area contributed by atoms with E-state index in [0.717, 1.165) is 6.07 Å². The molecule has 0 aromatic heterocycles. The van der Waals surface area contributed by atoms with E-state index in [4.69, 9.17) is 6.57 Å². The molecule has 0 saturated carbocycles. The Bertz CT molecular complexity index is 389. The number of hydrogen-bond donors (Lipinski definition) is 0. The summed E-state index contributed by atoms with van der Waals surface area (Å²) in [4.78, 5) is 2.97. The fourth-order valence-electron chi connectivity index (χ4n) is 1.17. The van der Waals surface area contributed by atoms with Crippen LogP contribution in [0.5, 0.6) is 0 Å². The summed E-state index contributed by atoms with van der Waals surface area (Å²) < 4.78 is 50.0. The molecule has 0 heterocycles. The van der Waals surface area contributed by atoms with Gasteiger partial charge in [0.05, 0.1) is 5.56 Å². The van der Waals surface area contributed by atoms with Crippen LogP contribution in [-0.4, -0.2) is 6.54 Å². The lowest BCUT2D eigenvalue weighted by atomic mass is 10.1. The van der Waals surface area contributed by atoms with Crippen molar-refractivity contribution in [1.82, 2.24) is 0 Å². The van der Waals surface area contributed by atoms with E-state index >= 15 is 0 Å². The van der Waals surface area contributed by atoms with Gasteiger partial charge in [-0.25, -0.2) is 11.0 Å². The predicted molar refractivity (Wildman–Crippen MR) is 46.6 cm³/mol. The van der Waals surface area contributed by atoms with Gasteiger partial charge < -0.3 is 4.85 Å². The van der Waals surface area contributed by atoms with E-state index in [2.05, 4.69) is 4.85 Å². The molecule has 1 aromatic rings. The Kier molecular flexibility index (Phi) is 3.30. The second-order valence-corrected chi connectivity index (χ2v) is 2.91. The zero-order valence-corrected chi connectivity index (χ0v) is 7.61. The summed E-state index contributed by atoms with van der Waals surface area (Å²) in [7, 11) is 0. The Morgan fingerprint density at radius 1 is 1.27 bits per heavy atom. The van der Waals surface area contributed by atoms with Crippen LogP contribution in [0.2, 0.25) is 0 Å². The lowest BCUT2D eigenvalue weighted by Crippen LogP contribution is -2.10. The van der Waals surface area contributed by atoms with E-state index in [1.165, 1.54) is 6.07 Å². The van der Waals surface area contributed by atoms with Gasteiger partial charge in [0.2, 0.25) is 6.54 Å². The van der Waals surface area contributed by atoms with Crippen molar-refractivity contribution in [1.29, 1.82) is 0 Å². The fraction of sp³-hybridized carbons (Fsp3) is 0.300. The topological polar surface area (TPSA) is 4.36 Å². The molecule has 0 amide bonds. The van der Waals surface area contributed by atoms with E-state index in [1.54, 1.807) is 0 Å². The summed E-state index contributed by atoms with van der Waals surface area (Å²) in [5, 5.41) is 0. The number of nitrogens with zero attached hydrogens (tertiary/aromatic N) is 1. The summed E-state index contributed by atoms with van der Waals surface area (Å²) in [6, 6.07) is 3.09. The third kappa shape index (κ3) is 2.69. The normalized spacial score (nSPS) is 11.1. The molecule has 1 nitrogen and oxygen atoms in total. The first-order chi connectivity index (χ1) is 6.96. The minimum absolute atomic E-state index is 0.000741. The van der Waals surface area contributed by atoms with Crippen molar-refractivity contribution < 1.29 is 17.6 Å². The van der Waals surface area contributed by atoms with E-state index in [0.29, 0.717) is 6.07 Å². The van der Waals surface area contributed by atoms with Gasteiger partial charge in [-0.3, -0.25) is 0 Å². The zero-order valence-electron chi connectivity index (χ0n) is 7.61. The Balaban J connectivity index is 3.07. The first-order valence-corrected chi connectivity index (χ1v) is 4.14. The number of hydrogen-bond acceptors (Lipinski definition) is 0. The molecule has 0 N–H and O–H groups in total. The van der Waals surface area contributed by atoms with Crippen molar-refractivity contribution in [2.75, 3.05) is 6.54 Å². The maximum Gasteiger partial charge on any atom is 0.419 e. The smallest absolute Gasteiger partial charge is 0.317 e. The molecule has 1 aromatic carbocycles. The van der Waals surface area contributed by atoms with Crippen molar-refractivity contribution in [2.45, 2.75) is 12.6 Å². The molecule has 0 aliphatic heterocycles. The summed E-state index contributed by atoms with van der Waals surface area (Å²) in [6.45, 7) is 6.46. The van der Waals surface area contributed by atoms with Crippen LogP contribution in [0.4, 0.5) is 17.6 Å². The summed E-state index contributed by atoms with van der Waals surface area (Å²) in [5.74, 6) is -1.27. The fourth-order valence-corrected chi connectivity index (χ4v) is 1.17. The van der Waals surface area contributed by atoms with Gasteiger partial charge in [0, 0.05) is 6.42 Å². The SMILES string of the molecule is [C-]#[N+]CCc1cccc(C(F)(F)F)c1F. The molecule has 0 aliphatic rings. The quantitative estimate of drug-likeness (QED) is 0.528. The third-order valence-corrected chi connectivity index (χ3v) is 1.88. The first kappa shape index (κ1) is 11.5. The summed E-state index contributed by atoms with van der Waals surface area (Å²) >= 11 is 0. The van der Waals surface area contributed by atoms with Crippen molar-refractivity contribution in [3.05, 3.63) is 46.6 Å². The van der Waals surface area contributed by atoms with Crippen LogP contribution in [0.3, 0.4) is 0 Å². The van der Waals surface area contributed by atoms with E-state index in [9.17, 15) is 17.6 Å². The van der Waals surface area contributed by atoms with Crippen molar-refractivity contribution in [3.8, 4) is 0 Å². The predicted octanol–water partition coefficient (Wildman–Crippen LogP) is 3.31. The summed E-state index contributed by atoms with van der Waals surface area (Å²) in [5.41, 5.74) is -1.34. The first-order valence-electron chi connectivity index (χ1n) is 4.14. The van der Waals surface area contributed by atoms with Crippen molar-refractivity contribution in [2.24, 2.45) is 0 Å². The van der Waals surface area contributed by atoms with Crippen LogP contribution < -0.4 is 0 Å². The van der Waals surface area contributed by atoms with Crippen molar-refractivity contribution in [3.63, 3.8) is 0 Å². The lowest BCUT2D eigenvalue weighted by molar-refractivity contribution is -0.140. The lowest BCUT2D eigenvalue weighted by Gasteiger charge is -2.09. The number of rotatable bonds is 2. The van der Waals surface area contributed by atoms with Crippen molar-refractivity contribution >= 4 is 0 Å². The van der Waals surface area contributed by atoms with Gasteiger partial charge in [0.15, 0.2) is 0 Å². The molecule has 0 radical (unpaired) electrons. The van der Waals surface area contributed by atoms with E-state index < -0.39 is 17.6 Å². The number of alkyl halides is 3. The Labute approximate surface area is 84.2 Å². The van der Waals surface area contributed by atoms with Crippen LogP contribution in [0, 0.1) is 12.4 Å². The van der Waals surface area contributed by atoms with Crippen LogP contribution in [0.25, 0.3) is 4.85 Å². The molecule has 0 bridgehead atoms. The second-order valence-electron chi connectivity index (χ2n) is 2.91. The monoisotopic (exact) mass is 217 g/mol. The highest BCUT2D eigenvalue weighted by atomic mass is 19.4. The van der Waals surface area contributed by atoms with Crippen LogP contribution in [0.15, 0.2) is 18.2 Å². The van der Waals surface area contributed by atoms with Gasteiger partial charge in [-0.2, -0.15) is 13.2 Å². The highest BCUT2D eigenvalue weighted by molar-refractivity contribution is 5.28. The average molecular weight is 217 g/mol. The maximum atomic E-state index is 13.3. The average Bonchev–Trinajstić information content (AvgIpc) is 2.14. The Morgan fingerprint density at radius 3 is 2.47 bits per heavy atom. The molecule has 0 atom stereocenters. The minimum Gasteiger partial charge on any atom is -0.317 e. The molecule has 1 rings (SSSR count). The minimum atomic E-state index is -4.68. The van der Waals surface area contributed by atoms with E-state index in [1.807, 2.05) is 0 Å². The molecular weight excluding hydrogens is 210 g/mol. The van der Waals surface area contributed by atoms with Gasteiger partial charge in [-0.15, -0.1) is 0 Å². The molecule has 0 aliphatic carbocycles. The molecule has 0 unspecified atom stereocenters. The van der Waals surface area contributed by atoms with Gasteiger partial charge in [0.25, 0.3) is 0 Å². The van der Waals surface area contributed by atoms with E-state index in [-0.39, 0.29) is 18.5 Å². The standard InChI is InChI=1S/C10H7F4N/c1-15-6-5-7-3-2-4-8(9(7)11)10(12,13)14/h2-4H,5-6H2. The number of halogens is 4. The molecule has 5 heteroatoms. The Morgan fingerprint density at radius 2 is 1.93 bits per heavy atom. The van der Waals surface area contributed by atoms with Gasteiger partial charge in [-0.1, -0.05) is 12.1 Å². The van der Waals surface area contributed by atoms with Crippen LogP contribution in [0.1, 0.15) is 11.1 Å². The molecule has 80 valence electrons. The highest BCUT2D eigenvalue weighted by Gasteiger charge is 2.34. The Hall–Kier alpha value is -1.57. The molecule has 0 fully saturated rings. The summed E-state index contributed by atoms with van der Waals surface area (Å²) in [6.07, 6.45) is -4.68. The largest absolute Gasteiger partial charge is 0.419 e. The zero-order chi connectivity index (χ0) is 11.5. The molecule has 0 spiro atoms. The van der Waals surface area contributed by atoms with Gasteiger partial charge >= 0.3 is 6.18 Å². The highest BCUT2D eigenvalue weighted by Crippen LogP contribution is 2.32. The third-order valence-electron chi connectivity index (χ3n) is 1.88. The maximum absolute atomic E-state index is 13.3. The molecular formula is C10H7F4N. The number of benzene rings is 1. The van der Waals surface area contributed by atoms with Gasteiger partial charge in [-0.05, 0) is 11.6 Å². The second kappa shape index (κ2) is 4.30. The van der Waals surface area contributed by atoms with Crippen LogP contribution >= 0.6 is 0 Å². The van der Waals surface area contributed by atoms with Crippen LogP contribution in [-0.2, 0) is 12.6 Å².